The predicted octanol–water partition coefficient (Wildman–Crippen LogP) is 2.25. The van der Waals surface area contributed by atoms with E-state index < -0.39 is 0 Å². The molecule has 2 aliphatic carbocycles. The summed E-state index contributed by atoms with van der Waals surface area (Å²) < 4.78 is 0. The highest BCUT2D eigenvalue weighted by molar-refractivity contribution is 4.93. The maximum absolute atomic E-state index is 3.71. The van der Waals surface area contributed by atoms with E-state index in [4.69, 9.17) is 0 Å². The van der Waals surface area contributed by atoms with Gasteiger partial charge in [-0.05, 0) is 37.0 Å². The molecule has 16 heavy (non-hydrogen) atoms. The smallest absolute Gasteiger partial charge is 0.0223 e. The minimum atomic E-state index is 0.644. The molecule has 0 radical (unpaired) electrons. The van der Waals surface area contributed by atoms with Crippen LogP contribution in [0.15, 0.2) is 0 Å². The molecule has 1 N–H and O–H groups in total. The molecule has 3 aliphatic rings. The Bertz CT molecular complexity index is 241. The molecule has 0 aromatic rings. The molecule has 2 heteroatoms. The van der Waals surface area contributed by atoms with Crippen molar-refractivity contribution in [2.24, 2.45) is 11.3 Å². The van der Waals surface area contributed by atoms with Crippen LogP contribution in [-0.4, -0.2) is 37.1 Å². The van der Waals surface area contributed by atoms with Crippen LogP contribution in [0.1, 0.15) is 45.4 Å². The van der Waals surface area contributed by atoms with Gasteiger partial charge in [-0.15, -0.1) is 0 Å². The lowest BCUT2D eigenvalue weighted by atomic mass is 9.88. The topological polar surface area (TPSA) is 15.3 Å². The number of nitrogens with zero attached hydrogens (tertiary/aromatic N) is 1. The maximum Gasteiger partial charge on any atom is 0.0223 e. The van der Waals surface area contributed by atoms with Crippen LogP contribution < -0.4 is 5.32 Å². The quantitative estimate of drug-likeness (QED) is 0.788. The van der Waals surface area contributed by atoms with E-state index in [9.17, 15) is 0 Å². The standard InChI is InChI=1S/C14H26N2/c1-14(6-2-3-7-14)11-16-9-8-15-13(10-16)12-4-5-12/h12-13,15H,2-11H2,1H3. The van der Waals surface area contributed by atoms with Crippen molar-refractivity contribution in [3.8, 4) is 0 Å². The third-order valence-electron chi connectivity index (χ3n) is 4.90. The predicted molar refractivity (Wildman–Crippen MR) is 67.5 cm³/mol. The fourth-order valence-corrected chi connectivity index (χ4v) is 3.73. The highest BCUT2D eigenvalue weighted by Crippen LogP contribution is 2.39. The average molecular weight is 222 g/mol. The van der Waals surface area contributed by atoms with Crippen molar-refractivity contribution >= 4 is 0 Å². The lowest BCUT2D eigenvalue weighted by Crippen LogP contribution is -2.53. The van der Waals surface area contributed by atoms with E-state index in [1.807, 2.05) is 0 Å². The zero-order chi connectivity index (χ0) is 11.0. The molecule has 1 aliphatic heterocycles. The van der Waals surface area contributed by atoms with Gasteiger partial charge in [-0.1, -0.05) is 19.8 Å². The van der Waals surface area contributed by atoms with Crippen molar-refractivity contribution in [2.45, 2.75) is 51.5 Å². The molecule has 92 valence electrons. The molecule has 0 aromatic carbocycles. The summed E-state index contributed by atoms with van der Waals surface area (Å²) in [6.45, 7) is 7.68. The van der Waals surface area contributed by atoms with Crippen LogP contribution in [0.25, 0.3) is 0 Å². The Labute approximate surface area is 99.8 Å². The molecule has 1 saturated heterocycles. The van der Waals surface area contributed by atoms with Crippen molar-refractivity contribution in [1.29, 1.82) is 0 Å². The lowest BCUT2D eigenvalue weighted by Gasteiger charge is -2.38. The second-order valence-corrected chi connectivity index (χ2v) is 6.65. The zero-order valence-electron chi connectivity index (χ0n) is 10.7. The maximum atomic E-state index is 3.71. The summed E-state index contributed by atoms with van der Waals surface area (Å²) in [5.41, 5.74) is 0.644. The second-order valence-electron chi connectivity index (χ2n) is 6.65. The minimum absolute atomic E-state index is 0.644. The van der Waals surface area contributed by atoms with Crippen LogP contribution >= 0.6 is 0 Å². The van der Waals surface area contributed by atoms with E-state index in [2.05, 4.69) is 17.1 Å². The van der Waals surface area contributed by atoms with Crippen LogP contribution in [0.2, 0.25) is 0 Å². The number of nitrogens with one attached hydrogen (secondary N) is 1. The SMILES string of the molecule is CC1(CN2CCNC(C3CC3)C2)CCCC1. The van der Waals surface area contributed by atoms with E-state index in [0.717, 1.165) is 12.0 Å². The first-order valence-electron chi connectivity index (χ1n) is 7.21. The first-order chi connectivity index (χ1) is 7.75. The largest absolute Gasteiger partial charge is 0.311 e. The van der Waals surface area contributed by atoms with Gasteiger partial charge in [0.1, 0.15) is 0 Å². The summed E-state index contributed by atoms with van der Waals surface area (Å²) in [6.07, 6.45) is 8.81. The van der Waals surface area contributed by atoms with Gasteiger partial charge in [-0.25, -0.2) is 0 Å². The molecule has 0 spiro atoms. The monoisotopic (exact) mass is 222 g/mol. The first-order valence-corrected chi connectivity index (χ1v) is 7.21. The van der Waals surface area contributed by atoms with Gasteiger partial charge in [-0.3, -0.25) is 4.90 Å². The van der Waals surface area contributed by atoms with Gasteiger partial charge >= 0.3 is 0 Å². The number of rotatable bonds is 3. The molecule has 1 unspecified atom stereocenters. The molecule has 1 heterocycles. The van der Waals surface area contributed by atoms with Crippen molar-refractivity contribution in [3.63, 3.8) is 0 Å². The normalized spacial score (nSPS) is 35.4. The van der Waals surface area contributed by atoms with Crippen molar-refractivity contribution < 1.29 is 0 Å². The summed E-state index contributed by atoms with van der Waals surface area (Å²) in [5.74, 6) is 1.01. The highest BCUT2D eigenvalue weighted by Gasteiger charge is 2.36. The summed E-state index contributed by atoms with van der Waals surface area (Å²) in [6, 6.07) is 0.818. The van der Waals surface area contributed by atoms with Crippen molar-refractivity contribution in [3.05, 3.63) is 0 Å². The Kier molecular flexibility index (Phi) is 2.97. The third kappa shape index (κ3) is 2.43. The molecule has 3 rings (SSSR count). The van der Waals surface area contributed by atoms with Gasteiger partial charge in [0, 0.05) is 32.2 Å². The van der Waals surface area contributed by atoms with Crippen LogP contribution in [0.5, 0.6) is 0 Å². The van der Waals surface area contributed by atoms with Gasteiger partial charge in [0.25, 0.3) is 0 Å². The molecular weight excluding hydrogens is 196 g/mol. The van der Waals surface area contributed by atoms with Crippen LogP contribution in [0.4, 0.5) is 0 Å². The van der Waals surface area contributed by atoms with E-state index in [0.29, 0.717) is 5.41 Å². The average Bonchev–Trinajstić information content (AvgIpc) is 3.03. The molecule has 3 fully saturated rings. The fourth-order valence-electron chi connectivity index (χ4n) is 3.73. The van der Waals surface area contributed by atoms with Gasteiger partial charge in [0.15, 0.2) is 0 Å². The Morgan fingerprint density at radius 3 is 2.69 bits per heavy atom. The van der Waals surface area contributed by atoms with Crippen molar-refractivity contribution in [2.75, 3.05) is 26.2 Å². The van der Waals surface area contributed by atoms with Crippen LogP contribution in [0.3, 0.4) is 0 Å². The Morgan fingerprint density at radius 1 is 1.25 bits per heavy atom. The summed E-state index contributed by atoms with van der Waals surface area (Å²) in [5, 5.41) is 3.71. The van der Waals surface area contributed by atoms with E-state index in [-0.39, 0.29) is 0 Å². The Hall–Kier alpha value is -0.0800. The van der Waals surface area contributed by atoms with Crippen LogP contribution in [0, 0.1) is 11.3 Å². The second kappa shape index (κ2) is 4.30. The summed E-state index contributed by atoms with van der Waals surface area (Å²) in [4.78, 5) is 2.74. The van der Waals surface area contributed by atoms with Gasteiger partial charge in [0.2, 0.25) is 0 Å². The summed E-state index contributed by atoms with van der Waals surface area (Å²) >= 11 is 0. The molecule has 0 bridgehead atoms. The first kappa shape index (κ1) is 11.0. The molecule has 2 nitrogen and oxygen atoms in total. The molecule has 1 atom stereocenters. The lowest BCUT2D eigenvalue weighted by molar-refractivity contribution is 0.124. The highest BCUT2D eigenvalue weighted by atomic mass is 15.2. The number of hydrogen-bond donors (Lipinski definition) is 1. The Balaban J connectivity index is 1.53. The van der Waals surface area contributed by atoms with Gasteiger partial charge < -0.3 is 5.32 Å². The van der Waals surface area contributed by atoms with E-state index >= 15 is 0 Å². The molecule has 0 amide bonds. The summed E-state index contributed by atoms with van der Waals surface area (Å²) in [7, 11) is 0. The third-order valence-corrected chi connectivity index (χ3v) is 4.90. The van der Waals surface area contributed by atoms with Gasteiger partial charge in [0.05, 0.1) is 0 Å². The Morgan fingerprint density at radius 2 is 2.00 bits per heavy atom. The van der Waals surface area contributed by atoms with E-state index in [1.54, 1.807) is 0 Å². The van der Waals surface area contributed by atoms with Crippen LogP contribution in [-0.2, 0) is 0 Å². The van der Waals surface area contributed by atoms with Gasteiger partial charge in [-0.2, -0.15) is 0 Å². The van der Waals surface area contributed by atoms with Crippen molar-refractivity contribution in [1.82, 2.24) is 10.2 Å². The molecular formula is C14H26N2. The number of piperazine rings is 1. The number of hydrogen-bond acceptors (Lipinski definition) is 2. The zero-order valence-corrected chi connectivity index (χ0v) is 10.7. The molecule has 2 saturated carbocycles. The molecule has 0 aromatic heterocycles. The van der Waals surface area contributed by atoms with E-state index in [1.165, 1.54) is 64.7 Å². The fraction of sp³-hybridized carbons (Fsp3) is 1.00. The minimum Gasteiger partial charge on any atom is -0.311 e.